The van der Waals surface area contributed by atoms with Gasteiger partial charge < -0.3 is 19.9 Å². The van der Waals surface area contributed by atoms with Gasteiger partial charge >= 0.3 is 0 Å². The van der Waals surface area contributed by atoms with Crippen molar-refractivity contribution in [1.29, 1.82) is 0 Å². The largest absolute Gasteiger partial charge is 0.492 e. The lowest BCUT2D eigenvalue weighted by atomic mass is 10.1. The number of anilines is 1. The Morgan fingerprint density at radius 2 is 1.63 bits per heavy atom. The van der Waals surface area contributed by atoms with Crippen molar-refractivity contribution in [2.75, 3.05) is 45.2 Å². The lowest BCUT2D eigenvalue weighted by Crippen LogP contribution is -2.46. The van der Waals surface area contributed by atoms with Crippen molar-refractivity contribution >= 4 is 41.3 Å². The molecule has 30 heavy (non-hydrogen) atoms. The average molecular weight is 451 g/mol. The van der Waals surface area contributed by atoms with E-state index in [4.69, 9.17) is 19.9 Å². The fourth-order valence-corrected chi connectivity index (χ4v) is 3.50. The second-order valence-corrected chi connectivity index (χ2v) is 6.96. The zero-order chi connectivity index (χ0) is 19.2. The zero-order valence-corrected chi connectivity index (χ0v) is 18.4. The van der Waals surface area contributed by atoms with E-state index in [0.29, 0.717) is 19.8 Å². The number of para-hydroxylation sites is 1. The highest BCUT2D eigenvalue weighted by Gasteiger charge is 2.21. The summed E-state index contributed by atoms with van der Waals surface area (Å²) in [5, 5.41) is 2.09. The van der Waals surface area contributed by atoms with E-state index >= 15 is 0 Å². The molecule has 0 amide bonds. The number of nitrogens with two attached hydrogens (primary N) is 1. The number of hydrogen-bond donors (Lipinski definition) is 1. The van der Waals surface area contributed by atoms with Crippen molar-refractivity contribution in [2.24, 2.45) is 0 Å². The van der Waals surface area contributed by atoms with Crippen LogP contribution in [0.25, 0.3) is 10.8 Å². The molecule has 3 aromatic rings. The molecule has 7 heteroatoms. The molecule has 1 fully saturated rings. The molecule has 0 spiro atoms. The third kappa shape index (κ3) is 6.16. The van der Waals surface area contributed by atoms with Crippen molar-refractivity contribution in [3.63, 3.8) is 0 Å². The number of ether oxygens (including phenoxy) is 3. The van der Waals surface area contributed by atoms with Gasteiger partial charge in [0.15, 0.2) is 0 Å². The molecule has 1 saturated heterocycles. The molecular formula is C23H28Cl2N2O3. The Morgan fingerprint density at radius 3 is 2.43 bits per heavy atom. The summed E-state index contributed by atoms with van der Waals surface area (Å²) in [7, 11) is 0. The van der Waals surface area contributed by atoms with Gasteiger partial charge in [0.2, 0.25) is 0 Å². The van der Waals surface area contributed by atoms with Gasteiger partial charge in [-0.1, -0.05) is 42.5 Å². The minimum absolute atomic E-state index is 0. The fourth-order valence-electron chi connectivity index (χ4n) is 3.50. The Kier molecular flexibility index (Phi) is 9.53. The monoisotopic (exact) mass is 450 g/mol. The molecule has 1 atom stereocenters. The zero-order valence-electron chi connectivity index (χ0n) is 16.7. The van der Waals surface area contributed by atoms with Gasteiger partial charge in [0.1, 0.15) is 30.8 Å². The molecule has 0 aliphatic carbocycles. The number of morpholine rings is 1. The summed E-state index contributed by atoms with van der Waals surface area (Å²) in [6, 6.07) is 21.8. The number of halogens is 2. The van der Waals surface area contributed by atoms with E-state index < -0.39 is 0 Å². The van der Waals surface area contributed by atoms with E-state index in [1.54, 1.807) is 0 Å². The predicted octanol–water partition coefficient (Wildman–Crippen LogP) is 4.42. The quantitative estimate of drug-likeness (QED) is 0.539. The van der Waals surface area contributed by atoms with Crippen molar-refractivity contribution in [2.45, 2.75) is 6.10 Å². The molecule has 0 aromatic heterocycles. The molecule has 1 aliphatic heterocycles. The Morgan fingerprint density at radius 1 is 0.900 bits per heavy atom. The first kappa shape index (κ1) is 24.1. The predicted molar refractivity (Wildman–Crippen MR) is 126 cm³/mol. The Labute approximate surface area is 189 Å². The SMILES string of the molecule is Cl.Cl.Nc1ccc(OCCN2CCOC(COc3ccccc3)C2)c2ccccc12. The maximum Gasteiger partial charge on any atom is 0.127 e. The van der Waals surface area contributed by atoms with Gasteiger partial charge in [0.25, 0.3) is 0 Å². The summed E-state index contributed by atoms with van der Waals surface area (Å²) in [4.78, 5) is 2.36. The normalized spacial score (nSPS) is 16.3. The maximum absolute atomic E-state index is 6.07. The number of nitrogens with zero attached hydrogens (tertiary/aromatic N) is 1. The highest BCUT2D eigenvalue weighted by atomic mass is 35.5. The molecule has 5 nitrogen and oxygen atoms in total. The van der Waals surface area contributed by atoms with Gasteiger partial charge in [0, 0.05) is 36.1 Å². The second kappa shape index (κ2) is 11.9. The molecule has 162 valence electrons. The maximum atomic E-state index is 6.07. The lowest BCUT2D eigenvalue weighted by molar-refractivity contribution is -0.0501. The minimum atomic E-state index is 0. The topological polar surface area (TPSA) is 57.0 Å². The lowest BCUT2D eigenvalue weighted by Gasteiger charge is -2.32. The van der Waals surface area contributed by atoms with Gasteiger partial charge in [-0.05, 0) is 24.3 Å². The van der Waals surface area contributed by atoms with Crippen LogP contribution in [0.1, 0.15) is 0 Å². The molecule has 1 heterocycles. The molecule has 4 rings (SSSR count). The molecular weight excluding hydrogens is 423 g/mol. The van der Waals surface area contributed by atoms with Crippen molar-refractivity contribution in [3.8, 4) is 11.5 Å². The first-order valence-electron chi connectivity index (χ1n) is 9.71. The molecule has 1 aliphatic rings. The van der Waals surface area contributed by atoms with Gasteiger partial charge in [-0.3, -0.25) is 4.90 Å². The first-order chi connectivity index (χ1) is 13.8. The summed E-state index contributed by atoms with van der Waals surface area (Å²) in [5.74, 6) is 1.75. The smallest absolute Gasteiger partial charge is 0.127 e. The minimum Gasteiger partial charge on any atom is -0.492 e. The molecule has 1 unspecified atom stereocenters. The third-order valence-corrected chi connectivity index (χ3v) is 4.98. The van der Waals surface area contributed by atoms with Crippen molar-refractivity contribution in [3.05, 3.63) is 66.7 Å². The molecule has 0 bridgehead atoms. The highest BCUT2D eigenvalue weighted by molar-refractivity contribution is 5.96. The van der Waals surface area contributed by atoms with Crippen LogP contribution in [-0.2, 0) is 4.74 Å². The Hall–Kier alpha value is -2.18. The van der Waals surface area contributed by atoms with Crippen LogP contribution >= 0.6 is 24.8 Å². The first-order valence-corrected chi connectivity index (χ1v) is 9.71. The number of benzene rings is 3. The number of rotatable bonds is 7. The highest BCUT2D eigenvalue weighted by Crippen LogP contribution is 2.29. The molecule has 0 radical (unpaired) electrons. The van der Waals surface area contributed by atoms with E-state index in [9.17, 15) is 0 Å². The Bertz CT molecular complexity index is 911. The molecule has 2 N–H and O–H groups in total. The van der Waals surface area contributed by atoms with Crippen LogP contribution in [0.2, 0.25) is 0 Å². The van der Waals surface area contributed by atoms with E-state index in [-0.39, 0.29) is 30.9 Å². The molecule has 0 saturated carbocycles. The second-order valence-electron chi connectivity index (χ2n) is 6.96. The van der Waals surface area contributed by atoms with Crippen molar-refractivity contribution in [1.82, 2.24) is 4.90 Å². The third-order valence-electron chi connectivity index (χ3n) is 4.98. The van der Waals surface area contributed by atoms with E-state index in [0.717, 1.165) is 47.6 Å². The van der Waals surface area contributed by atoms with Crippen LogP contribution in [0.15, 0.2) is 66.7 Å². The summed E-state index contributed by atoms with van der Waals surface area (Å²) < 4.78 is 17.7. The summed E-state index contributed by atoms with van der Waals surface area (Å²) >= 11 is 0. The number of fused-ring (bicyclic) bond motifs is 1. The van der Waals surface area contributed by atoms with Gasteiger partial charge in [-0.2, -0.15) is 0 Å². The summed E-state index contributed by atoms with van der Waals surface area (Å²) in [6.45, 7) is 4.51. The van der Waals surface area contributed by atoms with E-state index in [2.05, 4.69) is 4.90 Å². The number of hydrogen-bond acceptors (Lipinski definition) is 5. The van der Waals surface area contributed by atoms with Gasteiger partial charge in [-0.25, -0.2) is 0 Å². The van der Waals surface area contributed by atoms with Crippen LogP contribution < -0.4 is 15.2 Å². The molecule has 3 aromatic carbocycles. The van der Waals surface area contributed by atoms with Crippen molar-refractivity contribution < 1.29 is 14.2 Å². The standard InChI is InChI=1S/C23H26N2O3.2ClH/c24-22-10-11-23(21-9-5-4-8-20(21)22)27-15-13-25-12-14-26-19(16-25)17-28-18-6-2-1-3-7-18;;/h1-11,19H,12-17,24H2;2*1H. The van der Waals surface area contributed by atoms with Gasteiger partial charge in [-0.15, -0.1) is 24.8 Å². The van der Waals surface area contributed by atoms with Crippen LogP contribution in [0.4, 0.5) is 5.69 Å². The van der Waals surface area contributed by atoms with Crippen LogP contribution in [-0.4, -0.2) is 50.5 Å². The van der Waals surface area contributed by atoms with E-state index in [1.165, 1.54) is 0 Å². The summed E-state index contributed by atoms with van der Waals surface area (Å²) in [5.41, 5.74) is 6.84. The number of nitrogen functional groups attached to an aromatic ring is 1. The van der Waals surface area contributed by atoms with Crippen LogP contribution in [0, 0.1) is 0 Å². The van der Waals surface area contributed by atoms with Crippen LogP contribution in [0.5, 0.6) is 11.5 Å². The Balaban J connectivity index is 0.00000160. The summed E-state index contributed by atoms with van der Waals surface area (Å²) in [6.07, 6.45) is 0.0753. The fraction of sp³-hybridized carbons (Fsp3) is 0.304. The van der Waals surface area contributed by atoms with Crippen LogP contribution in [0.3, 0.4) is 0 Å². The van der Waals surface area contributed by atoms with E-state index in [1.807, 2.05) is 66.7 Å². The average Bonchev–Trinajstić information content (AvgIpc) is 2.75. The van der Waals surface area contributed by atoms with Gasteiger partial charge in [0.05, 0.1) is 6.61 Å².